The lowest BCUT2D eigenvalue weighted by Crippen LogP contribution is -2.36. The molecule has 4 rings (SSSR count). The normalized spacial score (nSPS) is 13.5. The number of carbonyl (C=O) groups excluding carboxylic acids is 1. The predicted octanol–water partition coefficient (Wildman–Crippen LogP) is 4.55. The molecule has 5 nitrogen and oxygen atoms in total. The lowest BCUT2D eigenvalue weighted by Gasteiger charge is -2.28. The fourth-order valence-electron chi connectivity index (χ4n) is 3.36. The van der Waals surface area contributed by atoms with Gasteiger partial charge in [0.1, 0.15) is 22.8 Å². The van der Waals surface area contributed by atoms with E-state index in [0.717, 1.165) is 24.2 Å². The van der Waals surface area contributed by atoms with Crippen molar-refractivity contribution in [1.82, 2.24) is 10.1 Å². The topological polar surface area (TPSA) is 59.2 Å². The van der Waals surface area contributed by atoms with E-state index >= 15 is 0 Å². The number of anilines is 1. The van der Waals surface area contributed by atoms with Crippen LogP contribution in [0.1, 0.15) is 35.0 Å². The van der Waals surface area contributed by atoms with Crippen LogP contribution in [0.5, 0.6) is 0 Å². The number of amides is 1. The first-order chi connectivity index (χ1) is 12.7. The molecule has 0 aliphatic carbocycles. The molecule has 2 aromatic heterocycles. The van der Waals surface area contributed by atoms with Crippen LogP contribution in [0.25, 0.3) is 11.3 Å². The van der Waals surface area contributed by atoms with Crippen LogP contribution in [0.3, 0.4) is 0 Å². The third kappa shape index (κ3) is 2.78. The number of hydrogen-bond donors (Lipinski definition) is 0. The van der Waals surface area contributed by atoms with E-state index in [4.69, 9.17) is 16.1 Å². The summed E-state index contributed by atoms with van der Waals surface area (Å²) in [4.78, 5) is 19.6. The highest BCUT2D eigenvalue weighted by molar-refractivity contribution is 6.33. The second kappa shape index (κ2) is 6.92. The molecule has 1 aliphatic rings. The van der Waals surface area contributed by atoms with E-state index in [-0.39, 0.29) is 5.91 Å². The zero-order chi connectivity index (χ0) is 18.1. The summed E-state index contributed by atoms with van der Waals surface area (Å²) in [5.41, 5.74) is 2.74. The minimum atomic E-state index is -0.141. The zero-order valence-corrected chi connectivity index (χ0v) is 15.2. The van der Waals surface area contributed by atoms with Crippen molar-refractivity contribution in [2.75, 3.05) is 11.4 Å². The average Bonchev–Trinajstić information content (AvgIpc) is 3.11. The van der Waals surface area contributed by atoms with Gasteiger partial charge in [-0.1, -0.05) is 47.9 Å². The highest BCUT2D eigenvalue weighted by Gasteiger charge is 2.31. The van der Waals surface area contributed by atoms with E-state index in [1.807, 2.05) is 37.3 Å². The summed E-state index contributed by atoms with van der Waals surface area (Å²) >= 11 is 6.34. The molecule has 26 heavy (non-hydrogen) atoms. The van der Waals surface area contributed by atoms with Gasteiger partial charge in [0.2, 0.25) is 0 Å². The first kappa shape index (κ1) is 16.8. The molecule has 0 bridgehead atoms. The molecule has 1 aromatic carbocycles. The van der Waals surface area contributed by atoms with Gasteiger partial charge in [-0.2, -0.15) is 0 Å². The Morgan fingerprint density at radius 3 is 2.92 bits per heavy atom. The molecule has 1 aliphatic heterocycles. The van der Waals surface area contributed by atoms with Gasteiger partial charge in [-0.05, 0) is 30.5 Å². The Morgan fingerprint density at radius 1 is 1.27 bits per heavy atom. The summed E-state index contributed by atoms with van der Waals surface area (Å²) in [6.45, 7) is 2.56. The number of aryl methyl sites for hydroxylation is 2. The molecule has 3 aromatic rings. The summed E-state index contributed by atoms with van der Waals surface area (Å²) in [7, 11) is 0. The Morgan fingerprint density at radius 2 is 2.12 bits per heavy atom. The van der Waals surface area contributed by atoms with Crippen LogP contribution in [0.4, 0.5) is 5.82 Å². The molecule has 6 heteroatoms. The maximum absolute atomic E-state index is 13.5. The summed E-state index contributed by atoms with van der Waals surface area (Å²) in [6, 6.07) is 11.3. The van der Waals surface area contributed by atoms with Gasteiger partial charge in [0, 0.05) is 24.7 Å². The van der Waals surface area contributed by atoms with Gasteiger partial charge in [-0.3, -0.25) is 9.69 Å². The molecule has 0 saturated carbocycles. The number of benzene rings is 1. The van der Waals surface area contributed by atoms with E-state index in [9.17, 15) is 4.79 Å². The first-order valence-electron chi connectivity index (χ1n) is 8.70. The van der Waals surface area contributed by atoms with Crippen LogP contribution < -0.4 is 4.90 Å². The Hall–Kier alpha value is -2.66. The largest absolute Gasteiger partial charge is 0.360 e. The molecule has 0 fully saturated rings. The fourth-order valence-corrected chi connectivity index (χ4v) is 3.58. The van der Waals surface area contributed by atoms with Crippen molar-refractivity contribution in [1.29, 1.82) is 0 Å². The maximum Gasteiger partial charge on any atom is 0.265 e. The highest BCUT2D eigenvalue weighted by atomic mass is 35.5. The van der Waals surface area contributed by atoms with Crippen LogP contribution in [0.15, 0.2) is 47.1 Å². The Bertz CT molecular complexity index is 967. The Labute approximate surface area is 156 Å². The van der Waals surface area contributed by atoms with Gasteiger partial charge in [-0.15, -0.1) is 0 Å². The van der Waals surface area contributed by atoms with E-state index in [1.165, 1.54) is 0 Å². The molecule has 0 N–H and O–H groups in total. The minimum absolute atomic E-state index is 0.141. The SMILES string of the molecule is CCc1onc(-c2ccccc2Cl)c1C(=O)N1CCCc2cccnc21. The summed E-state index contributed by atoms with van der Waals surface area (Å²) in [5, 5.41) is 4.70. The van der Waals surface area contributed by atoms with Crippen molar-refractivity contribution >= 4 is 23.3 Å². The van der Waals surface area contributed by atoms with E-state index in [0.29, 0.717) is 40.6 Å². The van der Waals surface area contributed by atoms with Crippen LogP contribution >= 0.6 is 11.6 Å². The predicted molar refractivity (Wildman–Crippen MR) is 101 cm³/mol. The van der Waals surface area contributed by atoms with Crippen molar-refractivity contribution < 1.29 is 9.32 Å². The molecule has 0 atom stereocenters. The van der Waals surface area contributed by atoms with Crippen LogP contribution in [0, 0.1) is 0 Å². The quantitative estimate of drug-likeness (QED) is 0.681. The number of fused-ring (bicyclic) bond motifs is 1. The van der Waals surface area contributed by atoms with Crippen molar-refractivity contribution in [2.24, 2.45) is 0 Å². The summed E-state index contributed by atoms with van der Waals surface area (Å²) in [5.74, 6) is 1.14. The van der Waals surface area contributed by atoms with Gasteiger partial charge in [0.05, 0.1) is 5.02 Å². The second-order valence-electron chi connectivity index (χ2n) is 6.21. The number of pyridine rings is 1. The lowest BCUT2D eigenvalue weighted by atomic mass is 10.0. The molecular formula is C20H18ClN3O2. The standard InChI is InChI=1S/C20H18ClN3O2/c1-2-16-17(18(23-26-16)14-9-3-4-10-15(14)21)20(25)24-12-6-8-13-7-5-11-22-19(13)24/h3-5,7,9-11H,2,6,8,12H2,1H3. The van der Waals surface area contributed by atoms with Gasteiger partial charge in [0.25, 0.3) is 5.91 Å². The van der Waals surface area contributed by atoms with Gasteiger partial charge >= 0.3 is 0 Å². The number of halogens is 1. The fraction of sp³-hybridized carbons (Fsp3) is 0.250. The molecule has 0 saturated heterocycles. The first-order valence-corrected chi connectivity index (χ1v) is 9.07. The maximum atomic E-state index is 13.5. The molecule has 0 radical (unpaired) electrons. The number of aromatic nitrogens is 2. The zero-order valence-electron chi connectivity index (χ0n) is 14.4. The third-order valence-electron chi connectivity index (χ3n) is 4.62. The molecular weight excluding hydrogens is 350 g/mol. The average molecular weight is 368 g/mol. The second-order valence-corrected chi connectivity index (χ2v) is 6.62. The van der Waals surface area contributed by atoms with Crippen molar-refractivity contribution in [3.63, 3.8) is 0 Å². The number of hydrogen-bond acceptors (Lipinski definition) is 4. The van der Waals surface area contributed by atoms with Gasteiger partial charge < -0.3 is 4.52 Å². The van der Waals surface area contributed by atoms with Crippen LogP contribution in [0.2, 0.25) is 5.02 Å². The Kier molecular flexibility index (Phi) is 4.47. The van der Waals surface area contributed by atoms with Crippen molar-refractivity contribution in [3.8, 4) is 11.3 Å². The number of nitrogens with zero attached hydrogens (tertiary/aromatic N) is 3. The van der Waals surface area contributed by atoms with Crippen molar-refractivity contribution in [3.05, 3.63) is 64.5 Å². The van der Waals surface area contributed by atoms with Crippen LogP contribution in [-0.2, 0) is 12.8 Å². The van der Waals surface area contributed by atoms with E-state index < -0.39 is 0 Å². The van der Waals surface area contributed by atoms with E-state index in [2.05, 4.69) is 10.1 Å². The molecule has 1 amide bonds. The molecule has 0 spiro atoms. The molecule has 3 heterocycles. The third-order valence-corrected chi connectivity index (χ3v) is 4.95. The minimum Gasteiger partial charge on any atom is -0.360 e. The van der Waals surface area contributed by atoms with E-state index in [1.54, 1.807) is 17.2 Å². The summed E-state index contributed by atoms with van der Waals surface area (Å²) in [6.07, 6.45) is 4.11. The monoisotopic (exact) mass is 367 g/mol. The van der Waals surface area contributed by atoms with Crippen LogP contribution in [-0.4, -0.2) is 22.6 Å². The Balaban J connectivity index is 1.83. The van der Waals surface area contributed by atoms with Gasteiger partial charge in [-0.25, -0.2) is 4.98 Å². The number of rotatable bonds is 3. The molecule has 132 valence electrons. The molecule has 0 unspecified atom stereocenters. The lowest BCUT2D eigenvalue weighted by molar-refractivity contribution is 0.0983. The smallest absolute Gasteiger partial charge is 0.265 e. The van der Waals surface area contributed by atoms with Gasteiger partial charge in [0.15, 0.2) is 0 Å². The highest BCUT2D eigenvalue weighted by Crippen LogP contribution is 2.34. The summed E-state index contributed by atoms with van der Waals surface area (Å²) < 4.78 is 5.48. The van der Waals surface area contributed by atoms with Crippen molar-refractivity contribution in [2.45, 2.75) is 26.2 Å². The number of carbonyl (C=O) groups is 1.